The van der Waals surface area contributed by atoms with E-state index >= 15 is 0 Å². The molecule has 2 aromatic carbocycles. The average Bonchev–Trinajstić information content (AvgIpc) is 2.80. The van der Waals surface area contributed by atoms with Crippen molar-refractivity contribution in [2.75, 3.05) is 13.2 Å². The minimum Gasteiger partial charge on any atom is -0.491 e. The number of aliphatic carboxylic acids is 1. The molecule has 3 atom stereocenters. The highest BCUT2D eigenvalue weighted by molar-refractivity contribution is 6.00. The van der Waals surface area contributed by atoms with E-state index in [1.807, 2.05) is 13.0 Å². The fourth-order valence-electron chi connectivity index (χ4n) is 3.56. The van der Waals surface area contributed by atoms with Crippen LogP contribution in [0.4, 0.5) is 0 Å². The normalized spacial score (nSPS) is 13.5. The summed E-state index contributed by atoms with van der Waals surface area (Å²) in [5, 5.41) is 23.4. The third kappa shape index (κ3) is 9.03. The van der Waals surface area contributed by atoms with E-state index in [0.717, 1.165) is 17.5 Å². The van der Waals surface area contributed by atoms with Crippen molar-refractivity contribution in [2.45, 2.75) is 51.7 Å². The maximum absolute atomic E-state index is 13.2. The summed E-state index contributed by atoms with van der Waals surface area (Å²) in [4.78, 5) is 37.4. The van der Waals surface area contributed by atoms with Gasteiger partial charge < -0.3 is 31.3 Å². The van der Waals surface area contributed by atoms with E-state index < -0.39 is 36.5 Å². The summed E-state index contributed by atoms with van der Waals surface area (Å²) in [6.07, 6.45) is 0.889. The first-order valence-electron chi connectivity index (χ1n) is 11.6. The van der Waals surface area contributed by atoms with Crippen LogP contribution < -0.4 is 21.1 Å². The van der Waals surface area contributed by atoms with Gasteiger partial charge in [0.1, 0.15) is 24.4 Å². The Labute approximate surface area is 205 Å². The number of carbonyl (C=O) groups is 3. The molecule has 0 fully saturated rings. The van der Waals surface area contributed by atoms with Crippen LogP contribution in [-0.4, -0.2) is 59.3 Å². The lowest BCUT2D eigenvalue weighted by Crippen LogP contribution is -2.53. The van der Waals surface area contributed by atoms with E-state index in [0.29, 0.717) is 11.7 Å². The Morgan fingerprint density at radius 1 is 1.03 bits per heavy atom. The monoisotopic (exact) mass is 485 g/mol. The highest BCUT2D eigenvalue weighted by Crippen LogP contribution is 2.21. The van der Waals surface area contributed by atoms with Gasteiger partial charge in [-0.05, 0) is 42.5 Å². The molecule has 0 aliphatic carbocycles. The highest BCUT2D eigenvalue weighted by atomic mass is 16.5. The molecule has 0 unspecified atom stereocenters. The number of aliphatic hydroxyl groups excluding tert-OH is 1. The molecule has 0 saturated heterocycles. The van der Waals surface area contributed by atoms with Crippen LogP contribution in [0.2, 0.25) is 0 Å². The molecule has 0 bridgehead atoms. The fraction of sp³-hybridized carbons (Fsp3) is 0.423. The highest BCUT2D eigenvalue weighted by Gasteiger charge is 2.27. The van der Waals surface area contributed by atoms with Gasteiger partial charge >= 0.3 is 5.97 Å². The summed E-state index contributed by atoms with van der Waals surface area (Å²) in [6, 6.07) is 11.3. The number of aliphatic hydroxyl groups is 1. The molecule has 0 aliphatic rings. The molecule has 0 saturated carbocycles. The van der Waals surface area contributed by atoms with Crippen LogP contribution in [0.25, 0.3) is 0 Å². The zero-order chi connectivity index (χ0) is 26.0. The Balaban J connectivity index is 2.24. The Bertz CT molecular complexity index is 996. The third-order valence-corrected chi connectivity index (χ3v) is 5.31. The number of carboxylic acids is 1. The maximum atomic E-state index is 13.2. The number of rotatable bonds is 13. The van der Waals surface area contributed by atoms with Crippen LogP contribution in [0.15, 0.2) is 48.5 Å². The second kappa shape index (κ2) is 13.5. The standard InChI is InChI=1S/C26H35N3O6/c1-16(2)11-19(27)15-35-23-12-17(3)9-10-20(23)24(31)28-21(13-18-7-5-4-6-8-18)25(32)29-22(14-30)26(33)34/h4-10,12,16,19,21-22,30H,11,13-15,27H2,1-3H3,(H,28,31)(H,29,32)(H,33,34)/t19-,21+,22+/m1/s1. The van der Waals surface area contributed by atoms with Crippen LogP contribution in [-0.2, 0) is 16.0 Å². The molecule has 0 spiro atoms. The smallest absolute Gasteiger partial charge is 0.328 e. The molecule has 9 nitrogen and oxygen atoms in total. The summed E-state index contributed by atoms with van der Waals surface area (Å²) < 4.78 is 5.88. The van der Waals surface area contributed by atoms with E-state index in [9.17, 15) is 24.6 Å². The van der Waals surface area contributed by atoms with Crippen molar-refractivity contribution >= 4 is 17.8 Å². The van der Waals surface area contributed by atoms with E-state index in [2.05, 4.69) is 24.5 Å². The number of nitrogens with two attached hydrogens (primary N) is 1. The van der Waals surface area contributed by atoms with Crippen molar-refractivity contribution in [1.82, 2.24) is 10.6 Å². The SMILES string of the molecule is Cc1ccc(C(=O)N[C@@H](Cc2ccccc2)C(=O)N[C@@H](CO)C(=O)O)c(OC[C@H](N)CC(C)C)c1. The van der Waals surface area contributed by atoms with E-state index in [-0.39, 0.29) is 24.6 Å². The van der Waals surface area contributed by atoms with Gasteiger partial charge in [-0.2, -0.15) is 0 Å². The fourth-order valence-corrected chi connectivity index (χ4v) is 3.56. The topological polar surface area (TPSA) is 151 Å². The number of hydrogen-bond donors (Lipinski definition) is 5. The summed E-state index contributed by atoms with van der Waals surface area (Å²) >= 11 is 0. The molecular formula is C26H35N3O6. The van der Waals surface area contributed by atoms with Gasteiger partial charge in [-0.3, -0.25) is 9.59 Å². The minimum atomic E-state index is -1.49. The lowest BCUT2D eigenvalue weighted by atomic mass is 10.0. The molecular weight excluding hydrogens is 450 g/mol. The lowest BCUT2D eigenvalue weighted by molar-refractivity contribution is -0.143. The van der Waals surface area contributed by atoms with E-state index in [1.165, 1.54) is 0 Å². The number of carbonyl (C=O) groups excluding carboxylic acids is 2. The number of benzene rings is 2. The molecule has 9 heteroatoms. The number of aryl methyl sites for hydroxylation is 1. The Hall–Kier alpha value is -3.43. The van der Waals surface area contributed by atoms with Crippen LogP contribution >= 0.6 is 0 Å². The Morgan fingerprint density at radius 3 is 2.31 bits per heavy atom. The lowest BCUT2D eigenvalue weighted by Gasteiger charge is -2.22. The second-order valence-corrected chi connectivity index (χ2v) is 9.00. The first kappa shape index (κ1) is 27.8. The summed E-state index contributed by atoms with van der Waals surface area (Å²) in [6.45, 7) is 5.45. The quantitative estimate of drug-likeness (QED) is 0.289. The third-order valence-electron chi connectivity index (χ3n) is 5.31. The molecule has 2 rings (SSSR count). The van der Waals surface area contributed by atoms with Gasteiger partial charge in [-0.25, -0.2) is 4.79 Å². The number of nitrogens with one attached hydrogen (secondary N) is 2. The van der Waals surface area contributed by atoms with Crippen molar-refractivity contribution in [3.63, 3.8) is 0 Å². The Morgan fingerprint density at radius 2 is 1.71 bits per heavy atom. The predicted octanol–water partition coefficient (Wildman–Crippen LogP) is 1.65. The zero-order valence-electron chi connectivity index (χ0n) is 20.4. The summed E-state index contributed by atoms with van der Waals surface area (Å²) in [5.41, 5.74) is 8.02. The molecule has 2 amide bonds. The number of ether oxygens (including phenoxy) is 1. The molecule has 35 heavy (non-hydrogen) atoms. The molecule has 0 aromatic heterocycles. The zero-order valence-corrected chi connectivity index (χ0v) is 20.4. The van der Waals surface area contributed by atoms with Gasteiger partial charge in [-0.1, -0.05) is 50.2 Å². The molecule has 2 aromatic rings. The van der Waals surface area contributed by atoms with Crippen molar-refractivity contribution in [2.24, 2.45) is 11.7 Å². The van der Waals surface area contributed by atoms with Gasteiger partial charge in [0.2, 0.25) is 5.91 Å². The predicted molar refractivity (Wildman–Crippen MR) is 132 cm³/mol. The average molecular weight is 486 g/mol. The van der Waals surface area contributed by atoms with Gasteiger partial charge in [-0.15, -0.1) is 0 Å². The van der Waals surface area contributed by atoms with Crippen molar-refractivity contribution in [3.8, 4) is 5.75 Å². The Kier molecular flexibility index (Phi) is 10.7. The molecule has 190 valence electrons. The number of carboxylic acid groups (broad SMARTS) is 1. The number of amides is 2. The summed E-state index contributed by atoms with van der Waals surface area (Å²) in [7, 11) is 0. The van der Waals surface area contributed by atoms with Crippen molar-refractivity contribution in [3.05, 3.63) is 65.2 Å². The maximum Gasteiger partial charge on any atom is 0.328 e. The second-order valence-electron chi connectivity index (χ2n) is 9.00. The summed E-state index contributed by atoms with van der Waals surface area (Å²) in [5.74, 6) is -1.90. The van der Waals surface area contributed by atoms with Crippen molar-refractivity contribution in [1.29, 1.82) is 0 Å². The molecule has 0 aliphatic heterocycles. The largest absolute Gasteiger partial charge is 0.491 e. The van der Waals surface area contributed by atoms with Crippen LogP contribution in [0.1, 0.15) is 41.8 Å². The van der Waals surface area contributed by atoms with Crippen LogP contribution in [0, 0.1) is 12.8 Å². The van der Waals surface area contributed by atoms with Gasteiger partial charge in [0.15, 0.2) is 0 Å². The minimum absolute atomic E-state index is 0.123. The molecule has 0 heterocycles. The number of hydrogen-bond acceptors (Lipinski definition) is 6. The van der Waals surface area contributed by atoms with E-state index in [1.54, 1.807) is 42.5 Å². The van der Waals surface area contributed by atoms with Gasteiger partial charge in [0.05, 0.1) is 12.2 Å². The molecule has 6 N–H and O–H groups in total. The van der Waals surface area contributed by atoms with Crippen LogP contribution in [0.3, 0.4) is 0 Å². The molecule has 0 radical (unpaired) electrons. The van der Waals surface area contributed by atoms with Gasteiger partial charge in [0.25, 0.3) is 5.91 Å². The first-order valence-corrected chi connectivity index (χ1v) is 11.6. The van der Waals surface area contributed by atoms with Gasteiger partial charge in [0, 0.05) is 12.5 Å². The van der Waals surface area contributed by atoms with Crippen molar-refractivity contribution < 1.29 is 29.3 Å². The first-order chi connectivity index (χ1) is 16.6. The van der Waals surface area contributed by atoms with E-state index in [4.69, 9.17) is 10.5 Å². The van der Waals surface area contributed by atoms with Crippen LogP contribution in [0.5, 0.6) is 5.75 Å².